The number of hydrogen-bond donors (Lipinski definition) is 0. The minimum atomic E-state index is 0.661. The first-order valence-corrected chi connectivity index (χ1v) is 16.6. The number of hydrogen-bond acceptors (Lipinski definition) is 4. The maximum absolute atomic E-state index is 6.88. The molecule has 0 N–H and O–H groups in total. The van der Waals surface area contributed by atoms with Gasteiger partial charge in [0.2, 0.25) is 5.95 Å². The molecule has 0 radical (unpaired) electrons. The van der Waals surface area contributed by atoms with Crippen molar-refractivity contribution in [2.75, 3.05) is 0 Å². The van der Waals surface area contributed by atoms with Crippen molar-refractivity contribution in [3.05, 3.63) is 140 Å². The van der Waals surface area contributed by atoms with E-state index in [0.29, 0.717) is 5.95 Å². The third-order valence-corrected chi connectivity index (χ3v) is 10.8. The minimum Gasteiger partial charge on any atom is -0.455 e. The molecule has 0 aliphatic heterocycles. The molecular formula is C42H23N3OS. The van der Waals surface area contributed by atoms with Gasteiger partial charge in [0, 0.05) is 53.4 Å². The first-order chi connectivity index (χ1) is 23.3. The van der Waals surface area contributed by atoms with Gasteiger partial charge in [-0.15, -0.1) is 11.3 Å². The van der Waals surface area contributed by atoms with Gasteiger partial charge in [-0.3, -0.25) is 4.57 Å². The lowest BCUT2D eigenvalue weighted by atomic mass is 9.98. The zero-order valence-corrected chi connectivity index (χ0v) is 25.8. The molecule has 11 rings (SSSR count). The highest BCUT2D eigenvalue weighted by Gasteiger charge is 2.25. The second-order valence-electron chi connectivity index (χ2n) is 12.1. The number of nitrogens with zero attached hydrogens (tertiary/aromatic N) is 3. The van der Waals surface area contributed by atoms with E-state index < -0.39 is 0 Å². The summed E-state index contributed by atoms with van der Waals surface area (Å²) in [7, 11) is 0. The van der Waals surface area contributed by atoms with Crippen LogP contribution in [0.5, 0.6) is 0 Å². The number of rotatable bonds is 2. The molecule has 4 heterocycles. The van der Waals surface area contributed by atoms with Crippen molar-refractivity contribution in [2.45, 2.75) is 0 Å². The quantitative estimate of drug-likeness (QED) is 0.194. The Morgan fingerprint density at radius 1 is 0.511 bits per heavy atom. The van der Waals surface area contributed by atoms with Crippen molar-refractivity contribution in [1.29, 1.82) is 0 Å². The molecule has 7 aromatic carbocycles. The third-order valence-electron chi connectivity index (χ3n) is 9.59. The van der Waals surface area contributed by atoms with Crippen molar-refractivity contribution < 1.29 is 4.42 Å². The number of fused-ring (bicyclic) bond motifs is 15. The lowest BCUT2D eigenvalue weighted by molar-refractivity contribution is 0.676. The fourth-order valence-electron chi connectivity index (χ4n) is 7.58. The molecule has 0 aliphatic carbocycles. The summed E-state index contributed by atoms with van der Waals surface area (Å²) >= 11 is 1.76. The smallest absolute Gasteiger partial charge is 0.235 e. The topological polar surface area (TPSA) is 43.9 Å². The van der Waals surface area contributed by atoms with Crippen molar-refractivity contribution in [1.82, 2.24) is 14.5 Å². The highest BCUT2D eigenvalue weighted by atomic mass is 32.1. The van der Waals surface area contributed by atoms with Crippen LogP contribution in [0.3, 0.4) is 0 Å². The molecule has 5 heteroatoms. The molecule has 0 spiro atoms. The number of furan rings is 1. The van der Waals surface area contributed by atoms with E-state index in [2.05, 4.69) is 144 Å². The molecular weight excluding hydrogens is 595 g/mol. The number of thiophene rings is 1. The molecule has 0 amide bonds. The molecule has 0 saturated heterocycles. The molecule has 4 aromatic heterocycles. The van der Waals surface area contributed by atoms with Gasteiger partial charge in [0.05, 0.1) is 26.9 Å². The van der Waals surface area contributed by atoms with E-state index >= 15 is 0 Å². The van der Waals surface area contributed by atoms with E-state index in [1.54, 1.807) is 11.3 Å². The summed E-state index contributed by atoms with van der Waals surface area (Å²) in [5.74, 6) is 0.661. The molecule has 0 atom stereocenters. The van der Waals surface area contributed by atoms with Crippen molar-refractivity contribution in [3.8, 4) is 17.2 Å². The minimum absolute atomic E-state index is 0.661. The summed E-state index contributed by atoms with van der Waals surface area (Å²) in [5, 5.41) is 10.2. The number of benzene rings is 7. The average Bonchev–Trinajstić information content (AvgIpc) is 3.82. The predicted molar refractivity (Wildman–Crippen MR) is 197 cm³/mol. The van der Waals surface area contributed by atoms with Gasteiger partial charge in [0.25, 0.3) is 0 Å². The van der Waals surface area contributed by atoms with Crippen LogP contribution in [0, 0.1) is 0 Å². The standard InChI is InChI=1S/C42H23N3OS/c1-2-13-25(14-3-1)36-41-37(30-19-9-11-21-33(30)47-41)44-42(43-36)45-32-20-10-8-18-29(32)34-35-31-23-22-24-12-4-5-15-26(24)39(31)46-40(35)28-17-7-6-16-27(28)38(34)45/h1-23H. The van der Waals surface area contributed by atoms with E-state index in [1.807, 2.05) is 0 Å². The maximum Gasteiger partial charge on any atom is 0.235 e. The Balaban J connectivity index is 1.38. The van der Waals surface area contributed by atoms with E-state index in [1.165, 1.54) is 10.1 Å². The second kappa shape index (κ2) is 9.25. The van der Waals surface area contributed by atoms with Crippen molar-refractivity contribution in [3.63, 3.8) is 0 Å². The van der Waals surface area contributed by atoms with E-state index in [-0.39, 0.29) is 0 Å². The zero-order chi connectivity index (χ0) is 30.6. The normalized spacial score (nSPS) is 12.3. The highest BCUT2D eigenvalue weighted by molar-refractivity contribution is 7.26. The first-order valence-electron chi connectivity index (χ1n) is 15.8. The fourth-order valence-corrected chi connectivity index (χ4v) is 8.73. The Labute approximate surface area is 271 Å². The summed E-state index contributed by atoms with van der Waals surface area (Å²) < 4.78 is 11.5. The lowest BCUT2D eigenvalue weighted by Gasteiger charge is -2.11. The molecule has 0 bridgehead atoms. The summed E-state index contributed by atoms with van der Waals surface area (Å²) in [6.07, 6.45) is 0. The molecule has 0 unspecified atom stereocenters. The van der Waals surface area contributed by atoms with Gasteiger partial charge in [-0.25, -0.2) is 9.97 Å². The Bertz CT molecular complexity index is 3080. The van der Waals surface area contributed by atoms with Crippen molar-refractivity contribution in [2.24, 2.45) is 0 Å². The first kappa shape index (κ1) is 25.2. The maximum atomic E-state index is 6.88. The molecule has 11 aromatic rings. The van der Waals surface area contributed by atoms with Crippen LogP contribution in [0.4, 0.5) is 0 Å². The molecule has 0 fully saturated rings. The van der Waals surface area contributed by atoms with Crippen molar-refractivity contribution >= 4 is 96.9 Å². The van der Waals surface area contributed by atoms with Crippen LogP contribution in [-0.2, 0) is 0 Å². The monoisotopic (exact) mass is 617 g/mol. The van der Waals surface area contributed by atoms with Gasteiger partial charge in [-0.2, -0.15) is 0 Å². The van der Waals surface area contributed by atoms with Gasteiger partial charge in [-0.05, 0) is 23.6 Å². The van der Waals surface area contributed by atoms with Gasteiger partial charge in [0.15, 0.2) is 0 Å². The van der Waals surface area contributed by atoms with Crippen LogP contribution < -0.4 is 0 Å². The van der Waals surface area contributed by atoms with Gasteiger partial charge < -0.3 is 4.42 Å². The molecule has 0 aliphatic rings. The number of para-hydroxylation sites is 1. The van der Waals surface area contributed by atoms with E-state index in [4.69, 9.17) is 14.4 Å². The lowest BCUT2D eigenvalue weighted by Crippen LogP contribution is -2.03. The van der Waals surface area contributed by atoms with E-state index in [0.717, 1.165) is 86.8 Å². The summed E-state index contributed by atoms with van der Waals surface area (Å²) in [6.45, 7) is 0. The van der Waals surface area contributed by atoms with Crippen LogP contribution >= 0.6 is 11.3 Å². The van der Waals surface area contributed by atoms with Crippen LogP contribution in [-0.4, -0.2) is 14.5 Å². The molecule has 4 nitrogen and oxygen atoms in total. The molecule has 0 saturated carbocycles. The summed E-state index contributed by atoms with van der Waals surface area (Å²) in [4.78, 5) is 10.8. The highest BCUT2D eigenvalue weighted by Crippen LogP contribution is 2.47. The second-order valence-corrected chi connectivity index (χ2v) is 13.2. The Kier molecular flexibility index (Phi) is 4.96. The average molecular weight is 618 g/mol. The third kappa shape index (κ3) is 3.36. The van der Waals surface area contributed by atoms with Gasteiger partial charge >= 0.3 is 0 Å². The molecule has 47 heavy (non-hydrogen) atoms. The van der Waals surface area contributed by atoms with Gasteiger partial charge in [0.1, 0.15) is 11.2 Å². The fraction of sp³-hybridized carbons (Fsp3) is 0. The number of aromatic nitrogens is 3. The summed E-state index contributed by atoms with van der Waals surface area (Å²) in [5.41, 5.74) is 6.98. The van der Waals surface area contributed by atoms with Gasteiger partial charge in [-0.1, -0.05) is 121 Å². The summed E-state index contributed by atoms with van der Waals surface area (Å²) in [6, 6.07) is 49.1. The zero-order valence-electron chi connectivity index (χ0n) is 24.9. The van der Waals surface area contributed by atoms with Crippen LogP contribution in [0.1, 0.15) is 0 Å². The van der Waals surface area contributed by atoms with E-state index in [9.17, 15) is 0 Å². The van der Waals surface area contributed by atoms with Crippen LogP contribution in [0.2, 0.25) is 0 Å². The van der Waals surface area contributed by atoms with Crippen LogP contribution in [0.25, 0.3) is 103 Å². The Morgan fingerprint density at radius 2 is 1.21 bits per heavy atom. The predicted octanol–water partition coefficient (Wildman–Crippen LogP) is 11.8. The Hall–Kier alpha value is -6.04. The largest absolute Gasteiger partial charge is 0.455 e. The molecule has 218 valence electrons. The van der Waals surface area contributed by atoms with Crippen LogP contribution in [0.15, 0.2) is 144 Å². The Morgan fingerprint density at radius 3 is 2.09 bits per heavy atom. The SMILES string of the molecule is c1ccc(-c2nc(-n3c4ccccc4c4c5c6ccc7ccccc7c6oc5c5ccccc5c43)nc3c2sc2ccccc23)cc1.